The molecule has 0 saturated carbocycles. The third-order valence-electron chi connectivity index (χ3n) is 6.89. The predicted octanol–water partition coefficient (Wildman–Crippen LogP) is 8.05. The van der Waals surface area contributed by atoms with E-state index < -0.39 is 7.14 Å². The number of terminal acetylenes is 1. The van der Waals surface area contributed by atoms with Crippen LogP contribution in [0, 0.1) is 12.3 Å². The van der Waals surface area contributed by atoms with Gasteiger partial charge >= 0.3 is 0 Å². The number of rotatable bonds is 2. The Kier molecular flexibility index (Phi) is 5.07. The van der Waals surface area contributed by atoms with Crippen molar-refractivity contribution in [3.05, 3.63) is 121 Å². The summed E-state index contributed by atoms with van der Waals surface area (Å²) in [7, 11) is -3.31. The van der Waals surface area contributed by atoms with Crippen LogP contribution < -0.4 is 10.6 Å². The topological polar surface area (TPSA) is 17.1 Å². The van der Waals surface area contributed by atoms with Gasteiger partial charge in [0, 0.05) is 21.5 Å². The lowest BCUT2D eigenvalue weighted by atomic mass is 9.87. The molecule has 1 atom stereocenters. The lowest BCUT2D eigenvalue weighted by molar-refractivity contribution is 0.591. The molecule has 5 aromatic carbocycles. The average molecular weight is 467 g/mol. The highest BCUT2D eigenvalue weighted by Gasteiger charge is 2.39. The smallest absolute Gasteiger partial charge is 0.172 e. The molecule has 0 aromatic heterocycles. The van der Waals surface area contributed by atoms with Crippen LogP contribution in [0.15, 0.2) is 121 Å². The van der Waals surface area contributed by atoms with Crippen LogP contribution in [-0.4, -0.2) is 0 Å². The highest BCUT2D eigenvalue weighted by atomic mass is 31.2. The molecular weight excluding hydrogens is 443 g/mol. The second kappa shape index (κ2) is 8.28. The Morgan fingerprint density at radius 1 is 0.714 bits per heavy atom. The van der Waals surface area contributed by atoms with Crippen molar-refractivity contribution >= 4 is 39.3 Å². The van der Waals surface area contributed by atoms with E-state index in [0.29, 0.717) is 5.31 Å². The van der Waals surface area contributed by atoms with Gasteiger partial charge in [0.1, 0.15) is 0 Å². The first kappa shape index (κ1) is 21.4. The average Bonchev–Trinajstić information content (AvgIpc) is 3.00. The number of allylic oxidation sites excluding steroid dienone is 4. The molecule has 166 valence electrons. The number of benzene rings is 5. The molecule has 0 spiro atoms. The molecule has 0 amide bonds. The molecule has 0 saturated heterocycles. The van der Waals surface area contributed by atoms with Crippen molar-refractivity contribution in [2.45, 2.75) is 6.92 Å². The van der Waals surface area contributed by atoms with Crippen LogP contribution in [0.1, 0.15) is 6.92 Å². The van der Waals surface area contributed by atoms with Gasteiger partial charge in [-0.15, -0.1) is 6.42 Å². The SMILES string of the molecule is C#C/C=C(\C=C/C)P1(=O)c2ccccc2-c2ccc3ccccc3c2-c2c1ccc1ccccc21. The molecule has 1 aliphatic heterocycles. The summed E-state index contributed by atoms with van der Waals surface area (Å²) in [5.41, 5.74) is 4.24. The monoisotopic (exact) mass is 466 g/mol. The Morgan fingerprint density at radius 2 is 1.34 bits per heavy atom. The second-order valence-corrected chi connectivity index (χ2v) is 11.5. The van der Waals surface area contributed by atoms with Crippen molar-refractivity contribution in [2.75, 3.05) is 0 Å². The third kappa shape index (κ3) is 3.08. The number of hydrogen-bond donors (Lipinski definition) is 0. The Morgan fingerprint density at radius 3 is 2.06 bits per heavy atom. The fourth-order valence-corrected chi connectivity index (χ4v) is 8.53. The number of hydrogen-bond acceptors (Lipinski definition) is 1. The van der Waals surface area contributed by atoms with Crippen molar-refractivity contribution < 1.29 is 4.57 Å². The van der Waals surface area contributed by atoms with Crippen molar-refractivity contribution in [3.63, 3.8) is 0 Å². The van der Waals surface area contributed by atoms with Crippen LogP contribution in [0.2, 0.25) is 0 Å². The van der Waals surface area contributed by atoms with Crippen LogP contribution in [0.5, 0.6) is 0 Å². The first-order valence-corrected chi connectivity index (χ1v) is 13.4. The van der Waals surface area contributed by atoms with E-state index in [1.807, 2.05) is 43.3 Å². The molecule has 5 aromatic rings. The van der Waals surface area contributed by atoms with Crippen LogP contribution >= 0.6 is 7.14 Å². The van der Waals surface area contributed by atoms with Gasteiger partial charge in [0.15, 0.2) is 7.14 Å². The van der Waals surface area contributed by atoms with Crippen LogP contribution in [0.4, 0.5) is 0 Å². The maximum atomic E-state index is 15.6. The zero-order chi connectivity index (χ0) is 24.0. The number of fused-ring (bicyclic) bond motifs is 9. The van der Waals surface area contributed by atoms with E-state index in [2.05, 4.69) is 78.7 Å². The molecule has 1 aliphatic rings. The second-order valence-electron chi connectivity index (χ2n) is 8.75. The Bertz CT molecular complexity index is 1800. The minimum Gasteiger partial charge on any atom is -0.309 e. The maximum Gasteiger partial charge on any atom is 0.172 e. The Balaban J connectivity index is 1.93. The van der Waals surface area contributed by atoms with Crippen molar-refractivity contribution in [1.82, 2.24) is 0 Å². The summed E-state index contributed by atoms with van der Waals surface area (Å²) in [6.45, 7) is 1.93. The van der Waals surface area contributed by atoms with Crippen molar-refractivity contribution in [2.24, 2.45) is 0 Å². The molecule has 0 N–H and O–H groups in total. The van der Waals surface area contributed by atoms with Gasteiger partial charge in [0.2, 0.25) is 0 Å². The highest BCUT2D eigenvalue weighted by molar-refractivity contribution is 7.83. The molecule has 1 unspecified atom stereocenters. The fourth-order valence-electron chi connectivity index (χ4n) is 5.43. The summed E-state index contributed by atoms with van der Waals surface area (Å²) in [4.78, 5) is 0. The largest absolute Gasteiger partial charge is 0.309 e. The minimum absolute atomic E-state index is 0.670. The quantitative estimate of drug-likeness (QED) is 0.146. The normalized spacial score (nSPS) is 17.0. The molecule has 0 bridgehead atoms. The third-order valence-corrected chi connectivity index (χ3v) is 10.0. The van der Waals surface area contributed by atoms with Gasteiger partial charge in [-0.1, -0.05) is 109 Å². The Labute approximate surface area is 205 Å². The van der Waals surface area contributed by atoms with Gasteiger partial charge in [-0.05, 0) is 57.3 Å². The first-order chi connectivity index (χ1) is 17.2. The molecule has 35 heavy (non-hydrogen) atoms. The van der Waals surface area contributed by atoms with Gasteiger partial charge in [-0.2, -0.15) is 0 Å². The van der Waals surface area contributed by atoms with Gasteiger partial charge in [0.05, 0.1) is 0 Å². The standard InChI is InChI=1S/C33H23OP/c1-3-11-25(12-4-2)35(34)30-18-10-9-17-28(30)29-21-19-23-13-5-7-15-26(23)32(29)33-27-16-8-6-14-24(27)20-22-31(33)35/h1,4-22H,2H3/b12-4-,25-11+. The highest BCUT2D eigenvalue weighted by Crippen LogP contribution is 2.59. The molecule has 1 heterocycles. The van der Waals surface area contributed by atoms with E-state index >= 15 is 4.57 Å². The van der Waals surface area contributed by atoms with Crippen LogP contribution in [-0.2, 0) is 4.57 Å². The summed E-state index contributed by atoms with van der Waals surface area (Å²) >= 11 is 0. The van der Waals surface area contributed by atoms with Gasteiger partial charge in [-0.3, -0.25) is 0 Å². The van der Waals surface area contributed by atoms with E-state index in [1.54, 1.807) is 6.08 Å². The first-order valence-electron chi connectivity index (χ1n) is 11.7. The Hall–Kier alpha value is -4.11. The van der Waals surface area contributed by atoms with Crippen molar-refractivity contribution in [3.8, 4) is 34.6 Å². The van der Waals surface area contributed by atoms with E-state index in [-0.39, 0.29) is 0 Å². The molecule has 0 aliphatic carbocycles. The summed E-state index contributed by atoms with van der Waals surface area (Å²) in [6.07, 6.45) is 11.3. The van der Waals surface area contributed by atoms with Gasteiger partial charge in [0.25, 0.3) is 0 Å². The molecule has 2 heteroatoms. The summed E-state index contributed by atoms with van der Waals surface area (Å²) in [5, 5.41) is 6.85. The lowest BCUT2D eigenvalue weighted by Crippen LogP contribution is -2.19. The van der Waals surface area contributed by atoms with Gasteiger partial charge in [-0.25, -0.2) is 0 Å². The van der Waals surface area contributed by atoms with Crippen LogP contribution in [0.3, 0.4) is 0 Å². The van der Waals surface area contributed by atoms with Gasteiger partial charge < -0.3 is 4.57 Å². The molecule has 0 fully saturated rings. The predicted molar refractivity (Wildman–Crippen MR) is 151 cm³/mol. The van der Waals surface area contributed by atoms with Crippen molar-refractivity contribution in [1.29, 1.82) is 0 Å². The van der Waals surface area contributed by atoms with E-state index in [4.69, 9.17) is 6.42 Å². The lowest BCUT2D eigenvalue weighted by Gasteiger charge is -2.23. The molecule has 6 rings (SSSR count). The molecule has 1 nitrogen and oxygen atoms in total. The fraction of sp³-hybridized carbons (Fsp3) is 0.0303. The van der Waals surface area contributed by atoms with E-state index in [0.717, 1.165) is 54.4 Å². The van der Waals surface area contributed by atoms with Crippen LogP contribution in [0.25, 0.3) is 43.8 Å². The zero-order valence-corrected chi connectivity index (χ0v) is 20.3. The summed E-state index contributed by atoms with van der Waals surface area (Å²) in [5.74, 6) is 2.66. The summed E-state index contributed by atoms with van der Waals surface area (Å²) < 4.78 is 15.6. The zero-order valence-electron chi connectivity index (χ0n) is 19.4. The summed E-state index contributed by atoms with van der Waals surface area (Å²) in [6, 6.07) is 33.4. The maximum absolute atomic E-state index is 15.6. The molecular formula is C33H23OP. The van der Waals surface area contributed by atoms with E-state index in [9.17, 15) is 0 Å². The van der Waals surface area contributed by atoms with E-state index in [1.165, 1.54) is 0 Å². The minimum atomic E-state index is -3.31. The molecule has 0 radical (unpaired) electrons.